The highest BCUT2D eigenvalue weighted by Gasteiger charge is 2.37. The Morgan fingerprint density at radius 1 is 1.07 bits per heavy atom. The number of hydrogen-bond donors (Lipinski definition) is 1. The smallest absolute Gasteiger partial charge is 0.317 e. The Kier molecular flexibility index (Phi) is 6.93. The van der Waals surface area contributed by atoms with Crippen molar-refractivity contribution in [2.45, 2.75) is 44.6 Å². The molecule has 8 heteroatoms. The molecule has 1 unspecified atom stereocenters. The fraction of sp³-hybridized carbons (Fsp3) is 0.842. The third kappa shape index (κ3) is 5.12. The Morgan fingerprint density at radius 3 is 2.41 bits per heavy atom. The normalized spacial score (nSPS) is 24.4. The van der Waals surface area contributed by atoms with Crippen molar-refractivity contribution in [1.82, 2.24) is 20.0 Å². The van der Waals surface area contributed by atoms with Gasteiger partial charge in [0.2, 0.25) is 11.8 Å². The maximum atomic E-state index is 12.8. The number of carbonyl (C=O) groups is 3. The molecule has 0 aromatic carbocycles. The van der Waals surface area contributed by atoms with E-state index in [-0.39, 0.29) is 30.2 Å². The highest BCUT2D eigenvalue weighted by Crippen LogP contribution is 2.21. The zero-order valence-corrected chi connectivity index (χ0v) is 16.3. The minimum absolute atomic E-state index is 0.00390. The number of rotatable bonds is 5. The SMILES string of the molecule is COCCN1CC(C(=O)N2CCN(C(=O)NC3CCCCC3)CC2)CC1=O. The molecule has 0 radical (unpaired) electrons. The first kappa shape index (κ1) is 19.9. The second-order valence-corrected chi connectivity index (χ2v) is 7.83. The maximum Gasteiger partial charge on any atom is 0.317 e. The zero-order valence-electron chi connectivity index (χ0n) is 16.3. The zero-order chi connectivity index (χ0) is 19.2. The molecule has 4 amide bonds. The highest BCUT2D eigenvalue weighted by molar-refractivity contribution is 5.89. The van der Waals surface area contributed by atoms with Crippen LogP contribution in [0.2, 0.25) is 0 Å². The fourth-order valence-corrected chi connectivity index (χ4v) is 4.26. The summed E-state index contributed by atoms with van der Waals surface area (Å²) in [6.45, 7) is 3.69. The molecular weight excluding hydrogens is 348 g/mol. The van der Waals surface area contributed by atoms with Crippen molar-refractivity contribution in [1.29, 1.82) is 0 Å². The van der Waals surface area contributed by atoms with E-state index in [0.29, 0.717) is 51.9 Å². The van der Waals surface area contributed by atoms with Crippen molar-refractivity contribution in [2.24, 2.45) is 5.92 Å². The Hall–Kier alpha value is -1.83. The lowest BCUT2D eigenvalue weighted by Crippen LogP contribution is -2.55. The van der Waals surface area contributed by atoms with Crippen molar-refractivity contribution in [2.75, 3.05) is 53.0 Å². The first-order valence-electron chi connectivity index (χ1n) is 10.2. The predicted molar refractivity (Wildman–Crippen MR) is 100 cm³/mol. The minimum Gasteiger partial charge on any atom is -0.383 e. The number of piperazine rings is 1. The Bertz CT molecular complexity index is 542. The molecule has 1 aliphatic carbocycles. The molecule has 0 spiro atoms. The van der Waals surface area contributed by atoms with E-state index in [1.807, 2.05) is 9.80 Å². The standard InChI is InChI=1S/C19H32N4O4/c1-27-12-11-23-14-15(13-17(23)24)18(25)21-7-9-22(10-8-21)19(26)20-16-5-3-2-4-6-16/h15-16H,2-14H2,1H3,(H,20,26). The van der Waals surface area contributed by atoms with Gasteiger partial charge in [-0.3, -0.25) is 9.59 Å². The predicted octanol–water partition coefficient (Wildman–Crippen LogP) is 0.668. The number of carbonyl (C=O) groups excluding carboxylic acids is 3. The van der Waals surface area contributed by atoms with Gasteiger partial charge in [-0.25, -0.2) is 4.79 Å². The van der Waals surface area contributed by atoms with E-state index < -0.39 is 0 Å². The van der Waals surface area contributed by atoms with Crippen LogP contribution in [0.5, 0.6) is 0 Å². The van der Waals surface area contributed by atoms with Crippen molar-refractivity contribution < 1.29 is 19.1 Å². The fourth-order valence-electron chi connectivity index (χ4n) is 4.26. The second-order valence-electron chi connectivity index (χ2n) is 7.83. The van der Waals surface area contributed by atoms with Crippen molar-refractivity contribution in [3.8, 4) is 0 Å². The van der Waals surface area contributed by atoms with Gasteiger partial charge in [0.1, 0.15) is 0 Å². The first-order chi connectivity index (χ1) is 13.1. The van der Waals surface area contributed by atoms with Crippen LogP contribution in [-0.2, 0) is 14.3 Å². The Balaban J connectivity index is 1.42. The third-order valence-electron chi connectivity index (χ3n) is 5.94. The summed E-state index contributed by atoms with van der Waals surface area (Å²) in [7, 11) is 1.60. The molecule has 2 heterocycles. The van der Waals surface area contributed by atoms with Gasteiger partial charge >= 0.3 is 6.03 Å². The second kappa shape index (κ2) is 9.39. The highest BCUT2D eigenvalue weighted by atomic mass is 16.5. The molecule has 152 valence electrons. The molecular formula is C19H32N4O4. The van der Waals surface area contributed by atoms with Gasteiger partial charge in [-0.1, -0.05) is 19.3 Å². The molecule has 3 aliphatic rings. The molecule has 0 aromatic heterocycles. The van der Waals surface area contributed by atoms with Crippen LogP contribution in [0.15, 0.2) is 0 Å². The van der Waals surface area contributed by atoms with Crippen LogP contribution in [0.4, 0.5) is 4.79 Å². The lowest BCUT2D eigenvalue weighted by Gasteiger charge is -2.37. The van der Waals surface area contributed by atoms with E-state index in [1.165, 1.54) is 19.3 Å². The van der Waals surface area contributed by atoms with Crippen LogP contribution in [-0.4, -0.2) is 91.6 Å². The van der Waals surface area contributed by atoms with Crippen LogP contribution < -0.4 is 5.32 Å². The average Bonchev–Trinajstić information content (AvgIpc) is 3.07. The molecule has 8 nitrogen and oxygen atoms in total. The monoisotopic (exact) mass is 380 g/mol. The summed E-state index contributed by atoms with van der Waals surface area (Å²) in [5.41, 5.74) is 0. The average molecular weight is 380 g/mol. The number of amides is 4. The van der Waals surface area contributed by atoms with E-state index in [4.69, 9.17) is 4.74 Å². The van der Waals surface area contributed by atoms with E-state index in [1.54, 1.807) is 12.0 Å². The third-order valence-corrected chi connectivity index (χ3v) is 5.94. The number of urea groups is 1. The van der Waals surface area contributed by atoms with Gasteiger partial charge in [-0.2, -0.15) is 0 Å². The van der Waals surface area contributed by atoms with Crippen LogP contribution in [0.1, 0.15) is 38.5 Å². The van der Waals surface area contributed by atoms with Crippen molar-refractivity contribution in [3.05, 3.63) is 0 Å². The first-order valence-corrected chi connectivity index (χ1v) is 10.2. The van der Waals surface area contributed by atoms with E-state index in [0.717, 1.165) is 12.8 Å². The molecule has 2 saturated heterocycles. The number of nitrogens with one attached hydrogen (secondary N) is 1. The molecule has 3 rings (SSSR count). The summed E-state index contributed by atoms with van der Waals surface area (Å²) in [5.74, 6) is -0.205. The Morgan fingerprint density at radius 2 is 1.74 bits per heavy atom. The molecule has 2 aliphatic heterocycles. The number of likely N-dealkylation sites (tertiary alicyclic amines) is 1. The molecule has 1 N–H and O–H groups in total. The number of methoxy groups -OCH3 is 1. The molecule has 3 fully saturated rings. The summed E-state index contributed by atoms with van der Waals surface area (Å²) >= 11 is 0. The summed E-state index contributed by atoms with van der Waals surface area (Å²) in [6.07, 6.45) is 6.06. The van der Waals surface area contributed by atoms with Crippen molar-refractivity contribution in [3.63, 3.8) is 0 Å². The van der Waals surface area contributed by atoms with Gasteiger partial charge in [-0.05, 0) is 12.8 Å². The van der Waals surface area contributed by atoms with Gasteiger partial charge in [-0.15, -0.1) is 0 Å². The minimum atomic E-state index is -0.267. The summed E-state index contributed by atoms with van der Waals surface area (Å²) < 4.78 is 5.02. The molecule has 0 bridgehead atoms. The summed E-state index contributed by atoms with van der Waals surface area (Å²) in [5, 5.41) is 3.14. The largest absolute Gasteiger partial charge is 0.383 e. The molecule has 1 atom stereocenters. The lowest BCUT2D eigenvalue weighted by molar-refractivity contribution is -0.137. The van der Waals surface area contributed by atoms with E-state index in [2.05, 4.69) is 5.32 Å². The number of hydrogen-bond acceptors (Lipinski definition) is 4. The van der Waals surface area contributed by atoms with Crippen LogP contribution >= 0.6 is 0 Å². The van der Waals surface area contributed by atoms with Crippen molar-refractivity contribution >= 4 is 17.8 Å². The van der Waals surface area contributed by atoms with Gasteiger partial charge < -0.3 is 24.8 Å². The summed E-state index contributed by atoms with van der Waals surface area (Å²) in [4.78, 5) is 42.6. The topological polar surface area (TPSA) is 82.2 Å². The molecule has 27 heavy (non-hydrogen) atoms. The van der Waals surface area contributed by atoms with Crippen LogP contribution in [0.3, 0.4) is 0 Å². The summed E-state index contributed by atoms with van der Waals surface area (Å²) in [6, 6.07) is 0.296. The van der Waals surface area contributed by atoms with Crippen LogP contribution in [0, 0.1) is 5.92 Å². The lowest BCUT2D eigenvalue weighted by atomic mass is 9.96. The Labute approximate surface area is 161 Å². The van der Waals surface area contributed by atoms with E-state index in [9.17, 15) is 14.4 Å². The number of nitrogens with zero attached hydrogens (tertiary/aromatic N) is 3. The van der Waals surface area contributed by atoms with Gasteiger partial charge in [0.05, 0.1) is 12.5 Å². The molecule has 0 aromatic rings. The van der Waals surface area contributed by atoms with Crippen LogP contribution in [0.25, 0.3) is 0 Å². The van der Waals surface area contributed by atoms with Gasteiger partial charge in [0, 0.05) is 58.8 Å². The van der Waals surface area contributed by atoms with Gasteiger partial charge in [0.25, 0.3) is 0 Å². The maximum absolute atomic E-state index is 12.8. The van der Waals surface area contributed by atoms with E-state index >= 15 is 0 Å². The van der Waals surface area contributed by atoms with Gasteiger partial charge in [0.15, 0.2) is 0 Å². The number of ether oxygens (including phenoxy) is 1. The molecule has 1 saturated carbocycles. The quantitative estimate of drug-likeness (QED) is 0.760.